The first kappa shape index (κ1) is 10.9. The molecule has 0 fully saturated rings. The number of nitrogens with zero attached hydrogens (tertiary/aromatic N) is 2. The fourth-order valence-electron chi connectivity index (χ4n) is 1.03. The summed E-state index contributed by atoms with van der Waals surface area (Å²) in [6.45, 7) is 2.48. The Morgan fingerprint density at radius 3 is 2.79 bits per heavy atom. The number of aromatic nitrogens is 2. The average molecular weight is 196 g/mol. The molecule has 0 aliphatic carbocycles. The topological polar surface area (TPSA) is 73.1 Å². The van der Waals surface area contributed by atoms with Gasteiger partial charge in [0.1, 0.15) is 0 Å². The van der Waals surface area contributed by atoms with Gasteiger partial charge in [0.15, 0.2) is 0 Å². The van der Waals surface area contributed by atoms with Crippen molar-refractivity contribution in [3.05, 3.63) is 18.0 Å². The Morgan fingerprint density at radius 1 is 1.43 bits per heavy atom. The lowest BCUT2D eigenvalue weighted by molar-refractivity contribution is 0.194. The second-order valence-corrected chi connectivity index (χ2v) is 2.97. The first-order valence-corrected chi connectivity index (χ1v) is 4.59. The molecule has 14 heavy (non-hydrogen) atoms. The van der Waals surface area contributed by atoms with Gasteiger partial charge in [-0.25, -0.2) is 9.97 Å². The molecule has 0 atom stereocenters. The van der Waals surface area contributed by atoms with Crippen LogP contribution in [0.3, 0.4) is 0 Å². The van der Waals surface area contributed by atoms with Gasteiger partial charge < -0.3 is 15.8 Å². The molecule has 78 valence electrons. The Morgan fingerprint density at radius 2 is 2.14 bits per heavy atom. The molecular formula is C9H16N4O. The predicted molar refractivity (Wildman–Crippen MR) is 54.6 cm³/mol. The second-order valence-electron chi connectivity index (χ2n) is 2.97. The fourth-order valence-corrected chi connectivity index (χ4v) is 1.03. The van der Waals surface area contributed by atoms with Crippen LogP contribution in [0.2, 0.25) is 0 Å². The Hall–Kier alpha value is -1.20. The molecule has 0 radical (unpaired) electrons. The van der Waals surface area contributed by atoms with Crippen LogP contribution in [0.25, 0.3) is 0 Å². The van der Waals surface area contributed by atoms with Crippen molar-refractivity contribution in [3.8, 4) is 0 Å². The second kappa shape index (κ2) is 6.28. The summed E-state index contributed by atoms with van der Waals surface area (Å²) in [7, 11) is 1.70. The Bertz CT molecular complexity index is 249. The van der Waals surface area contributed by atoms with Gasteiger partial charge in [-0.3, -0.25) is 0 Å². The smallest absolute Gasteiger partial charge is 0.219 e. The molecule has 0 amide bonds. The van der Waals surface area contributed by atoms with E-state index in [0.29, 0.717) is 5.95 Å². The van der Waals surface area contributed by atoms with Crippen LogP contribution in [-0.2, 0) is 11.3 Å². The molecule has 3 N–H and O–H groups in total. The lowest BCUT2D eigenvalue weighted by Crippen LogP contribution is -2.16. The molecule has 0 aromatic carbocycles. The standard InChI is InChI=1S/C9H16N4O/c1-14-4-2-3-11-5-8-6-12-9(10)13-7-8/h6-7,11H,2-5H2,1H3,(H2,10,12,13). The van der Waals surface area contributed by atoms with Gasteiger partial charge in [0.05, 0.1) is 0 Å². The molecular weight excluding hydrogens is 180 g/mol. The number of methoxy groups -OCH3 is 1. The predicted octanol–water partition coefficient (Wildman–Crippen LogP) is 0.185. The molecule has 0 aliphatic heterocycles. The molecule has 1 heterocycles. The SMILES string of the molecule is COCCCNCc1cnc(N)nc1. The third-order valence-corrected chi connectivity index (χ3v) is 1.76. The van der Waals surface area contributed by atoms with Gasteiger partial charge in [-0.05, 0) is 13.0 Å². The summed E-state index contributed by atoms with van der Waals surface area (Å²) in [4.78, 5) is 7.79. The molecule has 1 aromatic rings. The third kappa shape index (κ3) is 4.15. The number of hydrogen-bond donors (Lipinski definition) is 2. The highest BCUT2D eigenvalue weighted by Gasteiger charge is 1.93. The first-order valence-electron chi connectivity index (χ1n) is 4.59. The van der Waals surface area contributed by atoms with E-state index in [-0.39, 0.29) is 0 Å². The van der Waals surface area contributed by atoms with E-state index in [4.69, 9.17) is 10.5 Å². The summed E-state index contributed by atoms with van der Waals surface area (Å²) in [5.41, 5.74) is 6.40. The minimum atomic E-state index is 0.313. The summed E-state index contributed by atoms with van der Waals surface area (Å²) < 4.78 is 4.93. The third-order valence-electron chi connectivity index (χ3n) is 1.76. The zero-order valence-electron chi connectivity index (χ0n) is 8.36. The molecule has 0 spiro atoms. The van der Waals surface area contributed by atoms with E-state index in [9.17, 15) is 0 Å². The minimum absolute atomic E-state index is 0.313. The van der Waals surface area contributed by atoms with Crippen molar-refractivity contribution in [2.24, 2.45) is 0 Å². The number of hydrogen-bond acceptors (Lipinski definition) is 5. The summed E-state index contributed by atoms with van der Waals surface area (Å²) in [5, 5.41) is 3.26. The summed E-state index contributed by atoms with van der Waals surface area (Å²) in [6.07, 6.45) is 4.46. The van der Waals surface area contributed by atoms with Crippen LogP contribution in [-0.4, -0.2) is 30.2 Å². The maximum absolute atomic E-state index is 5.36. The van der Waals surface area contributed by atoms with Gasteiger partial charge in [-0.15, -0.1) is 0 Å². The highest BCUT2D eigenvalue weighted by molar-refractivity contribution is 5.16. The molecule has 5 nitrogen and oxygen atoms in total. The first-order chi connectivity index (χ1) is 6.83. The van der Waals surface area contributed by atoms with E-state index in [0.717, 1.165) is 31.7 Å². The Labute approximate surface area is 83.7 Å². The molecule has 0 bridgehead atoms. The number of nitrogens with two attached hydrogens (primary N) is 1. The maximum Gasteiger partial charge on any atom is 0.219 e. The lowest BCUT2D eigenvalue weighted by atomic mass is 10.3. The van der Waals surface area contributed by atoms with Gasteiger partial charge in [0, 0.05) is 38.2 Å². The number of rotatable bonds is 6. The van der Waals surface area contributed by atoms with Crippen LogP contribution in [0.4, 0.5) is 5.95 Å². The van der Waals surface area contributed by atoms with Crippen LogP contribution < -0.4 is 11.1 Å². The van der Waals surface area contributed by atoms with Crippen LogP contribution >= 0.6 is 0 Å². The van der Waals surface area contributed by atoms with Gasteiger partial charge in [-0.1, -0.05) is 0 Å². The van der Waals surface area contributed by atoms with E-state index in [1.54, 1.807) is 19.5 Å². The molecule has 1 rings (SSSR count). The number of anilines is 1. The van der Waals surface area contributed by atoms with Gasteiger partial charge in [0.2, 0.25) is 5.95 Å². The van der Waals surface area contributed by atoms with E-state index in [2.05, 4.69) is 15.3 Å². The van der Waals surface area contributed by atoms with Crippen LogP contribution in [0.1, 0.15) is 12.0 Å². The van der Waals surface area contributed by atoms with Gasteiger partial charge in [0.25, 0.3) is 0 Å². The minimum Gasteiger partial charge on any atom is -0.385 e. The highest BCUT2D eigenvalue weighted by Crippen LogP contribution is 1.95. The quantitative estimate of drug-likeness (QED) is 0.635. The summed E-state index contributed by atoms with van der Waals surface area (Å²) >= 11 is 0. The lowest BCUT2D eigenvalue weighted by Gasteiger charge is -2.03. The van der Waals surface area contributed by atoms with Crippen molar-refractivity contribution in [1.29, 1.82) is 0 Å². The van der Waals surface area contributed by atoms with E-state index < -0.39 is 0 Å². The number of ether oxygens (including phenoxy) is 1. The van der Waals surface area contributed by atoms with Crippen molar-refractivity contribution in [3.63, 3.8) is 0 Å². The average Bonchev–Trinajstić information content (AvgIpc) is 2.21. The Balaban J connectivity index is 2.15. The summed E-state index contributed by atoms with van der Waals surface area (Å²) in [6, 6.07) is 0. The summed E-state index contributed by atoms with van der Waals surface area (Å²) in [5.74, 6) is 0.313. The Kier molecular flexibility index (Phi) is 4.88. The van der Waals surface area contributed by atoms with E-state index >= 15 is 0 Å². The molecule has 5 heteroatoms. The van der Waals surface area contributed by atoms with Crippen molar-refractivity contribution in [2.75, 3.05) is 26.0 Å². The van der Waals surface area contributed by atoms with Crippen molar-refractivity contribution in [2.45, 2.75) is 13.0 Å². The zero-order valence-corrected chi connectivity index (χ0v) is 8.36. The van der Waals surface area contributed by atoms with Gasteiger partial charge >= 0.3 is 0 Å². The van der Waals surface area contributed by atoms with E-state index in [1.165, 1.54) is 0 Å². The fraction of sp³-hybridized carbons (Fsp3) is 0.556. The van der Waals surface area contributed by atoms with Crippen LogP contribution in [0, 0.1) is 0 Å². The monoisotopic (exact) mass is 196 g/mol. The maximum atomic E-state index is 5.36. The molecule has 0 aliphatic rings. The zero-order chi connectivity index (χ0) is 10.2. The number of nitrogens with one attached hydrogen (secondary N) is 1. The molecule has 1 aromatic heterocycles. The van der Waals surface area contributed by atoms with Crippen LogP contribution in [0.5, 0.6) is 0 Å². The van der Waals surface area contributed by atoms with Gasteiger partial charge in [-0.2, -0.15) is 0 Å². The van der Waals surface area contributed by atoms with Crippen molar-refractivity contribution in [1.82, 2.24) is 15.3 Å². The molecule has 0 saturated heterocycles. The van der Waals surface area contributed by atoms with Crippen molar-refractivity contribution >= 4 is 5.95 Å². The van der Waals surface area contributed by atoms with Crippen molar-refractivity contribution < 1.29 is 4.74 Å². The highest BCUT2D eigenvalue weighted by atomic mass is 16.5. The number of nitrogen functional groups attached to an aromatic ring is 1. The molecule has 0 saturated carbocycles. The molecule has 0 unspecified atom stereocenters. The van der Waals surface area contributed by atoms with Crippen LogP contribution in [0.15, 0.2) is 12.4 Å². The largest absolute Gasteiger partial charge is 0.385 e. The normalized spacial score (nSPS) is 10.4. The van der Waals surface area contributed by atoms with E-state index in [1.807, 2.05) is 0 Å².